The molecule has 1 aliphatic rings. The van der Waals surface area contributed by atoms with Gasteiger partial charge in [-0.15, -0.1) is 11.6 Å². The van der Waals surface area contributed by atoms with Crippen LogP contribution in [0.5, 0.6) is 0 Å². The molecule has 2 unspecified atom stereocenters. The lowest BCUT2D eigenvalue weighted by Gasteiger charge is -2.39. The van der Waals surface area contributed by atoms with Crippen molar-refractivity contribution >= 4 is 17.3 Å². The van der Waals surface area contributed by atoms with Crippen LogP contribution < -0.4 is 4.90 Å². The van der Waals surface area contributed by atoms with Crippen molar-refractivity contribution in [1.82, 2.24) is 0 Å². The summed E-state index contributed by atoms with van der Waals surface area (Å²) in [5.41, 5.74) is 1.61. The Morgan fingerprint density at radius 1 is 1.41 bits per heavy atom. The second-order valence-electron chi connectivity index (χ2n) is 5.04. The molecule has 3 heteroatoms. The molecule has 1 nitrogen and oxygen atoms in total. The highest BCUT2D eigenvalue weighted by Gasteiger charge is 2.25. The second kappa shape index (κ2) is 5.26. The zero-order valence-electron chi connectivity index (χ0n) is 10.4. The first-order chi connectivity index (χ1) is 8.13. The molecular formula is C14H19ClFN. The number of hydrogen-bond donors (Lipinski definition) is 0. The van der Waals surface area contributed by atoms with Crippen LogP contribution in [-0.2, 0) is 5.88 Å². The van der Waals surface area contributed by atoms with E-state index in [1.165, 1.54) is 12.5 Å². The van der Waals surface area contributed by atoms with E-state index in [-0.39, 0.29) is 11.7 Å². The molecule has 0 bridgehead atoms. The molecular weight excluding hydrogens is 237 g/mol. The summed E-state index contributed by atoms with van der Waals surface area (Å²) in [5.74, 6) is 0.804. The quantitative estimate of drug-likeness (QED) is 0.717. The minimum atomic E-state index is -0.191. The molecule has 0 saturated carbocycles. The first-order valence-electron chi connectivity index (χ1n) is 6.23. The molecule has 17 heavy (non-hydrogen) atoms. The van der Waals surface area contributed by atoms with Crippen LogP contribution in [0.15, 0.2) is 18.2 Å². The molecule has 0 radical (unpaired) electrons. The summed E-state index contributed by atoms with van der Waals surface area (Å²) in [6, 6.07) is 5.69. The lowest BCUT2D eigenvalue weighted by molar-refractivity contribution is 0.377. The van der Waals surface area contributed by atoms with E-state index in [0.29, 0.717) is 11.6 Å². The van der Waals surface area contributed by atoms with Gasteiger partial charge in [0.25, 0.3) is 0 Å². The number of nitrogens with zero attached hydrogens (tertiary/aromatic N) is 1. The minimum absolute atomic E-state index is 0.191. The van der Waals surface area contributed by atoms with E-state index in [0.717, 1.165) is 24.6 Å². The SMILES string of the molecule is CC1CCN(c2cccc(F)c2CCl)C(C)C1. The van der Waals surface area contributed by atoms with Crippen LogP contribution in [0.3, 0.4) is 0 Å². The molecule has 1 aromatic carbocycles. The standard InChI is InChI=1S/C14H19ClFN/c1-10-6-7-17(11(2)8-10)14-5-3-4-13(16)12(14)9-15/h3-5,10-11H,6-9H2,1-2H3. The topological polar surface area (TPSA) is 3.24 Å². The van der Waals surface area contributed by atoms with Crippen LogP contribution in [0, 0.1) is 11.7 Å². The van der Waals surface area contributed by atoms with E-state index in [4.69, 9.17) is 11.6 Å². The zero-order valence-corrected chi connectivity index (χ0v) is 11.2. The smallest absolute Gasteiger partial charge is 0.129 e. The van der Waals surface area contributed by atoms with Gasteiger partial charge in [-0.2, -0.15) is 0 Å². The van der Waals surface area contributed by atoms with E-state index in [1.54, 1.807) is 6.07 Å². The Hall–Kier alpha value is -0.760. The van der Waals surface area contributed by atoms with Crippen LogP contribution in [0.1, 0.15) is 32.3 Å². The maximum atomic E-state index is 13.7. The van der Waals surface area contributed by atoms with Crippen molar-refractivity contribution < 1.29 is 4.39 Å². The minimum Gasteiger partial charge on any atom is -0.368 e. The molecule has 0 aliphatic carbocycles. The van der Waals surface area contributed by atoms with Gasteiger partial charge in [-0.3, -0.25) is 0 Å². The van der Waals surface area contributed by atoms with Gasteiger partial charge in [0.2, 0.25) is 0 Å². The first kappa shape index (κ1) is 12.7. The van der Waals surface area contributed by atoms with Crippen molar-refractivity contribution in [2.45, 2.75) is 38.6 Å². The summed E-state index contributed by atoms with van der Waals surface area (Å²) in [5, 5.41) is 0. The number of hydrogen-bond acceptors (Lipinski definition) is 1. The van der Waals surface area contributed by atoms with Crippen molar-refractivity contribution in [3.8, 4) is 0 Å². The fourth-order valence-corrected chi connectivity index (χ4v) is 2.98. The summed E-state index contributed by atoms with van der Waals surface area (Å²) >= 11 is 5.87. The monoisotopic (exact) mass is 255 g/mol. The molecule has 2 atom stereocenters. The molecule has 0 amide bonds. The van der Waals surface area contributed by atoms with Gasteiger partial charge in [-0.1, -0.05) is 13.0 Å². The highest BCUT2D eigenvalue weighted by Crippen LogP contribution is 2.32. The third-order valence-electron chi connectivity index (χ3n) is 3.68. The van der Waals surface area contributed by atoms with Gasteiger partial charge in [-0.05, 0) is 37.8 Å². The van der Waals surface area contributed by atoms with Crippen LogP contribution in [0.4, 0.5) is 10.1 Å². The predicted octanol–water partition coefficient (Wildman–Crippen LogP) is 4.19. The number of anilines is 1. The Labute approximate surface area is 108 Å². The van der Waals surface area contributed by atoms with Gasteiger partial charge >= 0.3 is 0 Å². The van der Waals surface area contributed by atoms with Crippen molar-refractivity contribution in [2.75, 3.05) is 11.4 Å². The molecule has 1 saturated heterocycles. The molecule has 1 aromatic rings. The Morgan fingerprint density at radius 3 is 2.82 bits per heavy atom. The third-order valence-corrected chi connectivity index (χ3v) is 3.94. The first-order valence-corrected chi connectivity index (χ1v) is 6.77. The van der Waals surface area contributed by atoms with E-state index < -0.39 is 0 Å². The van der Waals surface area contributed by atoms with E-state index >= 15 is 0 Å². The van der Waals surface area contributed by atoms with Crippen LogP contribution >= 0.6 is 11.6 Å². The van der Waals surface area contributed by atoms with E-state index in [9.17, 15) is 4.39 Å². The van der Waals surface area contributed by atoms with Crippen LogP contribution in [0.25, 0.3) is 0 Å². The molecule has 0 aromatic heterocycles. The van der Waals surface area contributed by atoms with Crippen LogP contribution in [-0.4, -0.2) is 12.6 Å². The van der Waals surface area contributed by atoms with Gasteiger partial charge in [0, 0.05) is 23.8 Å². The summed E-state index contributed by atoms with van der Waals surface area (Å²) < 4.78 is 13.7. The average Bonchev–Trinajstić information content (AvgIpc) is 2.29. The summed E-state index contributed by atoms with van der Waals surface area (Å²) in [7, 11) is 0. The number of benzene rings is 1. The molecule has 1 heterocycles. The zero-order chi connectivity index (χ0) is 12.4. The number of alkyl halides is 1. The summed E-state index contributed by atoms with van der Waals surface area (Å²) in [6.45, 7) is 5.48. The van der Waals surface area contributed by atoms with Gasteiger partial charge in [0.1, 0.15) is 5.82 Å². The normalized spacial score (nSPS) is 25.1. The third kappa shape index (κ3) is 2.57. The second-order valence-corrected chi connectivity index (χ2v) is 5.31. The number of piperidine rings is 1. The molecule has 94 valence electrons. The van der Waals surface area contributed by atoms with E-state index in [1.807, 2.05) is 6.07 Å². The maximum Gasteiger partial charge on any atom is 0.129 e. The lowest BCUT2D eigenvalue weighted by atomic mass is 9.92. The summed E-state index contributed by atoms with van der Waals surface area (Å²) in [4.78, 5) is 2.29. The molecule has 1 aliphatic heterocycles. The van der Waals surface area contributed by atoms with Gasteiger partial charge in [0.15, 0.2) is 0 Å². The Morgan fingerprint density at radius 2 is 2.18 bits per heavy atom. The Bertz CT molecular complexity index is 394. The van der Waals surface area contributed by atoms with Crippen molar-refractivity contribution in [2.24, 2.45) is 5.92 Å². The number of halogens is 2. The number of rotatable bonds is 2. The lowest BCUT2D eigenvalue weighted by Crippen LogP contribution is -2.40. The molecule has 2 rings (SSSR count). The Kier molecular flexibility index (Phi) is 3.93. The summed E-state index contributed by atoms with van der Waals surface area (Å²) in [6.07, 6.45) is 2.33. The van der Waals surface area contributed by atoms with Gasteiger partial charge in [-0.25, -0.2) is 4.39 Å². The van der Waals surface area contributed by atoms with Crippen molar-refractivity contribution in [3.63, 3.8) is 0 Å². The molecule has 1 fully saturated rings. The highest BCUT2D eigenvalue weighted by atomic mass is 35.5. The highest BCUT2D eigenvalue weighted by molar-refractivity contribution is 6.17. The average molecular weight is 256 g/mol. The fourth-order valence-electron chi connectivity index (χ4n) is 2.71. The predicted molar refractivity (Wildman–Crippen MR) is 71.2 cm³/mol. The van der Waals surface area contributed by atoms with Crippen molar-refractivity contribution in [3.05, 3.63) is 29.6 Å². The fraction of sp³-hybridized carbons (Fsp3) is 0.571. The van der Waals surface area contributed by atoms with Crippen LogP contribution in [0.2, 0.25) is 0 Å². The molecule has 0 N–H and O–H groups in total. The van der Waals surface area contributed by atoms with Gasteiger partial charge in [0.05, 0.1) is 5.88 Å². The van der Waals surface area contributed by atoms with Gasteiger partial charge < -0.3 is 4.90 Å². The van der Waals surface area contributed by atoms with E-state index in [2.05, 4.69) is 18.7 Å². The maximum absolute atomic E-state index is 13.7. The molecule has 0 spiro atoms. The largest absolute Gasteiger partial charge is 0.368 e. The Balaban J connectivity index is 2.30. The van der Waals surface area contributed by atoms with Crippen molar-refractivity contribution in [1.29, 1.82) is 0 Å².